The molecule has 0 N–H and O–H groups in total. The normalized spacial score (nSPS) is 15.2. The van der Waals surface area contributed by atoms with E-state index < -0.39 is 10.8 Å². The maximum Gasteiger partial charge on any atom is 0.137 e. The Balaban J connectivity index is 1.17. The number of hydrogen-bond acceptors (Lipinski definition) is 6. The van der Waals surface area contributed by atoms with Gasteiger partial charge in [0.1, 0.15) is 17.3 Å². The van der Waals surface area contributed by atoms with Crippen LogP contribution in [0.4, 0.5) is 17.1 Å². The summed E-state index contributed by atoms with van der Waals surface area (Å²) in [5, 5.41) is 24.0. The van der Waals surface area contributed by atoms with E-state index in [0.29, 0.717) is 29.3 Å². The first-order chi connectivity index (χ1) is 27.4. The third-order valence-corrected chi connectivity index (χ3v) is 12.3. The lowest BCUT2D eigenvalue weighted by Crippen LogP contribution is -2.46. The van der Waals surface area contributed by atoms with Gasteiger partial charge in [-0.2, -0.15) is 10.5 Å². The predicted molar refractivity (Wildman–Crippen MR) is 220 cm³/mol. The average molecular weight is 723 g/mol. The minimum absolute atomic E-state index is 0.471. The molecule has 1 spiro atoms. The zero-order chi connectivity index (χ0) is 37.9. The first-order valence-corrected chi connectivity index (χ1v) is 18.8. The lowest BCUT2D eigenvalue weighted by atomic mass is 9.51. The maximum absolute atomic E-state index is 10.9. The molecule has 3 aliphatic rings. The summed E-state index contributed by atoms with van der Waals surface area (Å²) in [7, 11) is 2.11. The minimum Gasteiger partial charge on any atom is -0.457 e. The van der Waals surface area contributed by atoms with Crippen molar-refractivity contribution in [3.8, 4) is 29.5 Å². The molecule has 7 heteroatoms. The Morgan fingerprint density at radius 3 is 2.02 bits per heavy atom. The smallest absolute Gasteiger partial charge is 0.137 e. The van der Waals surface area contributed by atoms with Crippen LogP contribution in [0.5, 0.6) is 11.5 Å². The highest BCUT2D eigenvalue weighted by molar-refractivity contribution is 6.09. The SMILES string of the molecule is CN1CN2c3cc(Oc4ccc5c6ccccc6n(-c6ccccn6)c5c4)ccc3C3(c4cccc1c42)c1c(C#N)cccc1C(C)(C)c1cccc(C#N)c13. The van der Waals surface area contributed by atoms with Crippen LogP contribution in [0.25, 0.3) is 27.6 Å². The van der Waals surface area contributed by atoms with E-state index in [0.717, 1.165) is 78.1 Å². The number of nitrogens with zero attached hydrogens (tertiary/aromatic N) is 6. The van der Waals surface area contributed by atoms with Crippen LogP contribution in [-0.4, -0.2) is 23.3 Å². The van der Waals surface area contributed by atoms with Gasteiger partial charge in [0.05, 0.1) is 63.4 Å². The van der Waals surface area contributed by atoms with E-state index in [1.807, 2.05) is 60.8 Å². The van der Waals surface area contributed by atoms with E-state index in [4.69, 9.17) is 9.72 Å². The Kier molecular flexibility index (Phi) is 6.50. The third kappa shape index (κ3) is 4.01. The van der Waals surface area contributed by atoms with Crippen molar-refractivity contribution in [1.29, 1.82) is 10.5 Å². The van der Waals surface area contributed by atoms with Crippen LogP contribution in [0.15, 0.2) is 140 Å². The number of benzene rings is 6. The van der Waals surface area contributed by atoms with Crippen molar-refractivity contribution in [3.63, 3.8) is 0 Å². The van der Waals surface area contributed by atoms with Gasteiger partial charge in [-0.1, -0.05) is 80.6 Å². The largest absolute Gasteiger partial charge is 0.457 e. The van der Waals surface area contributed by atoms with Crippen molar-refractivity contribution in [2.24, 2.45) is 0 Å². The zero-order valence-electron chi connectivity index (χ0n) is 31.1. The molecule has 2 aliphatic heterocycles. The number of anilines is 3. The summed E-state index contributed by atoms with van der Waals surface area (Å²) in [5.74, 6) is 2.23. The molecule has 0 radical (unpaired) electrons. The average Bonchev–Trinajstić information content (AvgIpc) is 3.75. The van der Waals surface area contributed by atoms with Crippen LogP contribution in [0.2, 0.25) is 0 Å². The van der Waals surface area contributed by atoms with Gasteiger partial charge in [0.15, 0.2) is 0 Å². The van der Waals surface area contributed by atoms with Gasteiger partial charge in [-0.05, 0) is 88.0 Å². The molecule has 11 rings (SSSR count). The number of nitriles is 2. The van der Waals surface area contributed by atoms with Crippen LogP contribution in [0, 0.1) is 22.7 Å². The molecule has 0 atom stereocenters. The standard InChI is InChI=1S/C49H34N6O/c1-48(2)37-14-8-11-30(27-50)45(37)49(46-31(28-51)12-9-15-38(46)48)36-23-21-33(26-43(36)54-29-53(3)41-18-10-16-39(49)47(41)54)56-32-20-22-35-34-13-4-5-17-40(34)55(42(35)25-32)44-19-6-7-24-52-44/h4-26H,29H2,1-3H3. The van der Waals surface area contributed by atoms with Crippen LogP contribution >= 0.6 is 0 Å². The summed E-state index contributed by atoms with van der Waals surface area (Å²) in [4.78, 5) is 9.34. The fourth-order valence-corrected chi connectivity index (χ4v) is 10.1. The second-order valence-electron chi connectivity index (χ2n) is 15.5. The molecule has 7 nitrogen and oxygen atoms in total. The second-order valence-corrected chi connectivity index (χ2v) is 15.5. The van der Waals surface area contributed by atoms with Crippen molar-refractivity contribution >= 4 is 38.9 Å². The molecule has 6 aromatic carbocycles. The summed E-state index contributed by atoms with van der Waals surface area (Å²) >= 11 is 0. The topological polar surface area (TPSA) is 81.1 Å². The van der Waals surface area contributed by atoms with Gasteiger partial charge >= 0.3 is 0 Å². The van der Waals surface area contributed by atoms with E-state index in [-0.39, 0.29) is 0 Å². The van der Waals surface area contributed by atoms with E-state index in [1.165, 1.54) is 0 Å². The van der Waals surface area contributed by atoms with Gasteiger partial charge in [-0.15, -0.1) is 0 Å². The van der Waals surface area contributed by atoms with E-state index in [9.17, 15) is 10.5 Å². The van der Waals surface area contributed by atoms with Crippen LogP contribution < -0.4 is 14.5 Å². The summed E-state index contributed by atoms with van der Waals surface area (Å²) in [6.07, 6.45) is 1.82. The molecule has 4 heterocycles. The highest BCUT2D eigenvalue weighted by Crippen LogP contribution is 2.65. The molecule has 56 heavy (non-hydrogen) atoms. The van der Waals surface area contributed by atoms with E-state index >= 15 is 0 Å². The summed E-state index contributed by atoms with van der Waals surface area (Å²) in [6, 6.07) is 50.8. The van der Waals surface area contributed by atoms with Crippen molar-refractivity contribution < 1.29 is 4.74 Å². The fraction of sp³-hybridized carbons (Fsp3) is 0.122. The molecule has 2 aromatic heterocycles. The van der Waals surface area contributed by atoms with Crippen molar-refractivity contribution in [3.05, 3.63) is 184 Å². The molecular formula is C49H34N6O. The number of ether oxygens (including phenoxy) is 1. The Hall–Kier alpha value is -7.35. The number of pyridine rings is 1. The highest BCUT2D eigenvalue weighted by atomic mass is 16.5. The van der Waals surface area contributed by atoms with Gasteiger partial charge in [0, 0.05) is 41.6 Å². The van der Waals surface area contributed by atoms with Gasteiger partial charge in [0.25, 0.3) is 0 Å². The number of fused-ring (bicyclic) bond motifs is 11. The highest BCUT2D eigenvalue weighted by Gasteiger charge is 2.56. The monoisotopic (exact) mass is 722 g/mol. The molecular weight excluding hydrogens is 689 g/mol. The minimum atomic E-state index is -0.956. The fourth-order valence-electron chi connectivity index (χ4n) is 10.1. The van der Waals surface area contributed by atoms with E-state index in [1.54, 1.807) is 0 Å². The molecule has 0 saturated heterocycles. The molecule has 0 unspecified atom stereocenters. The number of aromatic nitrogens is 2. The quantitative estimate of drug-likeness (QED) is 0.181. The van der Waals surface area contributed by atoms with Crippen molar-refractivity contribution in [1.82, 2.24) is 9.55 Å². The number of rotatable bonds is 3. The van der Waals surface area contributed by atoms with Crippen molar-refractivity contribution in [2.75, 3.05) is 23.5 Å². The molecule has 1 aliphatic carbocycles. The van der Waals surface area contributed by atoms with Crippen LogP contribution in [0.1, 0.15) is 58.4 Å². The lowest BCUT2D eigenvalue weighted by Gasteiger charge is -2.52. The molecule has 0 amide bonds. The van der Waals surface area contributed by atoms with Crippen molar-refractivity contribution in [2.45, 2.75) is 24.7 Å². The molecule has 266 valence electrons. The summed E-state index contributed by atoms with van der Waals surface area (Å²) in [6.45, 7) is 5.06. The third-order valence-electron chi connectivity index (χ3n) is 12.3. The molecule has 8 aromatic rings. The van der Waals surface area contributed by atoms with Crippen LogP contribution in [0.3, 0.4) is 0 Å². The zero-order valence-corrected chi connectivity index (χ0v) is 31.1. The molecule has 0 bridgehead atoms. The Labute approximate surface area is 324 Å². The molecule has 0 fully saturated rings. The van der Waals surface area contributed by atoms with E-state index in [2.05, 4.69) is 126 Å². The van der Waals surface area contributed by atoms with Gasteiger partial charge < -0.3 is 14.5 Å². The lowest BCUT2D eigenvalue weighted by molar-refractivity contribution is 0.482. The van der Waals surface area contributed by atoms with Gasteiger partial charge in [0.2, 0.25) is 0 Å². The first-order valence-electron chi connectivity index (χ1n) is 18.8. The second kappa shape index (κ2) is 11.3. The first kappa shape index (κ1) is 32.1. The van der Waals surface area contributed by atoms with Crippen LogP contribution in [-0.2, 0) is 10.8 Å². The summed E-state index contributed by atoms with van der Waals surface area (Å²) < 4.78 is 9.01. The Morgan fingerprint density at radius 1 is 0.625 bits per heavy atom. The maximum atomic E-state index is 10.9. The Morgan fingerprint density at radius 2 is 1.29 bits per heavy atom. The van der Waals surface area contributed by atoms with Gasteiger partial charge in [-0.25, -0.2) is 4.98 Å². The predicted octanol–water partition coefficient (Wildman–Crippen LogP) is 10.6. The number of para-hydroxylation sites is 2. The molecule has 0 saturated carbocycles. The Bertz CT molecular complexity index is 3010. The van der Waals surface area contributed by atoms with Gasteiger partial charge in [-0.3, -0.25) is 4.57 Å². The number of hydrogen-bond donors (Lipinski definition) is 0. The summed E-state index contributed by atoms with van der Waals surface area (Å²) in [5.41, 5.74) is 11.1.